The Kier molecular flexibility index (Phi) is 9.02. The van der Waals surface area contributed by atoms with Crippen molar-refractivity contribution in [1.29, 1.82) is 0 Å². The number of nitrogens with zero attached hydrogens (tertiary/aromatic N) is 2. The summed E-state index contributed by atoms with van der Waals surface area (Å²) < 4.78 is 34.1. The van der Waals surface area contributed by atoms with Crippen LogP contribution < -0.4 is 14.4 Å². The number of anilines is 2. The van der Waals surface area contributed by atoms with E-state index < -0.39 is 10.0 Å². The van der Waals surface area contributed by atoms with Gasteiger partial charge < -0.3 is 14.5 Å². The number of hydrogen-bond acceptors (Lipinski definition) is 5. The molecule has 0 bridgehead atoms. The van der Waals surface area contributed by atoms with Crippen LogP contribution in [0.25, 0.3) is 0 Å². The molecule has 9 heteroatoms. The summed E-state index contributed by atoms with van der Waals surface area (Å²) in [6.45, 7) is 2.18. The molecule has 4 aromatic carbocycles. The first kappa shape index (κ1) is 29.0. The lowest BCUT2D eigenvalue weighted by atomic mass is 10.0. The fraction of sp³-hybridized carbons (Fsp3) is 0.194. The van der Waals surface area contributed by atoms with Gasteiger partial charge in [-0.2, -0.15) is 0 Å². The van der Waals surface area contributed by atoms with Gasteiger partial charge in [-0.15, -0.1) is 0 Å². The molecule has 0 heterocycles. The van der Waals surface area contributed by atoms with Gasteiger partial charge in [0.15, 0.2) is 0 Å². The summed E-state index contributed by atoms with van der Waals surface area (Å²) >= 11 is 6.43. The maximum absolute atomic E-state index is 13.9. The van der Waals surface area contributed by atoms with Gasteiger partial charge in [0.05, 0.1) is 28.6 Å². The van der Waals surface area contributed by atoms with Gasteiger partial charge in [-0.25, -0.2) is 8.42 Å². The first-order valence-electron chi connectivity index (χ1n) is 12.7. The molecule has 4 aromatic rings. The van der Waals surface area contributed by atoms with Crippen molar-refractivity contribution >= 4 is 38.9 Å². The predicted molar refractivity (Wildman–Crippen MR) is 161 cm³/mol. The molecule has 0 aliphatic carbocycles. The number of rotatable bonds is 10. The lowest BCUT2D eigenvalue weighted by Crippen LogP contribution is -2.34. The van der Waals surface area contributed by atoms with Crippen LogP contribution in [-0.4, -0.2) is 40.4 Å². The van der Waals surface area contributed by atoms with Crippen LogP contribution in [0.2, 0.25) is 5.02 Å². The van der Waals surface area contributed by atoms with E-state index in [0.717, 1.165) is 16.8 Å². The number of nitrogens with one attached hydrogen (secondary N) is 1. The lowest BCUT2D eigenvalue weighted by molar-refractivity contribution is 0.0674. The van der Waals surface area contributed by atoms with Gasteiger partial charge in [0.2, 0.25) is 0 Å². The molecule has 0 fully saturated rings. The van der Waals surface area contributed by atoms with E-state index in [4.69, 9.17) is 16.3 Å². The molecule has 0 aliphatic rings. The molecule has 0 aliphatic heterocycles. The van der Waals surface area contributed by atoms with Crippen LogP contribution in [-0.2, 0) is 16.6 Å². The molecule has 0 saturated heterocycles. The molecule has 0 radical (unpaired) electrons. The summed E-state index contributed by atoms with van der Waals surface area (Å²) in [6, 6.07) is 27.9. The summed E-state index contributed by atoms with van der Waals surface area (Å²) in [5, 5.41) is 0.367. The van der Waals surface area contributed by atoms with Gasteiger partial charge in [-0.3, -0.25) is 9.52 Å². The normalized spacial score (nSPS) is 11.9. The lowest BCUT2D eigenvalue weighted by Gasteiger charge is -2.32. The molecule has 4 rings (SSSR count). The Morgan fingerprint density at radius 1 is 0.925 bits per heavy atom. The highest BCUT2D eigenvalue weighted by molar-refractivity contribution is 7.92. The number of sulfonamides is 1. The van der Waals surface area contributed by atoms with Crippen LogP contribution in [0.15, 0.2) is 102 Å². The highest BCUT2D eigenvalue weighted by atomic mass is 35.5. The molecular weight excluding hydrogens is 546 g/mol. The second-order valence-electron chi connectivity index (χ2n) is 9.52. The smallest absolute Gasteiger partial charge is 0.261 e. The third-order valence-electron chi connectivity index (χ3n) is 6.64. The highest BCUT2D eigenvalue weighted by Gasteiger charge is 2.26. The van der Waals surface area contributed by atoms with E-state index in [2.05, 4.69) is 4.72 Å². The van der Waals surface area contributed by atoms with Crippen LogP contribution in [0.5, 0.6) is 5.75 Å². The summed E-state index contributed by atoms with van der Waals surface area (Å²) in [5.41, 5.74) is 3.36. The number of amides is 1. The Morgan fingerprint density at radius 3 is 2.20 bits per heavy atom. The predicted octanol–water partition coefficient (Wildman–Crippen LogP) is 6.62. The van der Waals surface area contributed by atoms with Crippen molar-refractivity contribution in [2.45, 2.75) is 24.4 Å². The summed E-state index contributed by atoms with van der Waals surface area (Å²) in [7, 11) is 1.47. The van der Waals surface area contributed by atoms with Crippen LogP contribution >= 0.6 is 11.6 Å². The summed E-state index contributed by atoms with van der Waals surface area (Å²) in [5.74, 6) is 0.336. The van der Waals surface area contributed by atoms with Gasteiger partial charge in [0, 0.05) is 32.0 Å². The molecule has 0 aromatic heterocycles. The minimum atomic E-state index is -3.86. The standard InChI is InChI=1S/C31H32ClN3O4S/c1-22(23-10-6-5-7-11-23)35(31(36)28-12-8-9-13-29(28)32)21-24-20-25(14-19-30(24)34(2)3)33-40(37,38)27-17-15-26(39-4)16-18-27/h5-20,22,33H,21H2,1-4H3. The largest absolute Gasteiger partial charge is 0.497 e. The zero-order valence-electron chi connectivity index (χ0n) is 22.8. The van der Waals surface area contributed by atoms with Crippen LogP contribution in [0.3, 0.4) is 0 Å². The number of hydrogen-bond donors (Lipinski definition) is 1. The minimum Gasteiger partial charge on any atom is -0.497 e. The summed E-state index contributed by atoms with van der Waals surface area (Å²) in [6.07, 6.45) is 0. The van der Waals surface area contributed by atoms with Crippen molar-refractivity contribution in [2.75, 3.05) is 30.8 Å². The van der Waals surface area contributed by atoms with Crippen LogP contribution in [0.4, 0.5) is 11.4 Å². The maximum Gasteiger partial charge on any atom is 0.261 e. The molecule has 1 unspecified atom stereocenters. The summed E-state index contributed by atoms with van der Waals surface area (Å²) in [4.78, 5) is 17.7. The second kappa shape index (κ2) is 12.4. The number of benzene rings is 4. The van der Waals surface area contributed by atoms with Crippen molar-refractivity contribution < 1.29 is 17.9 Å². The number of halogens is 1. The van der Waals surface area contributed by atoms with Crippen molar-refractivity contribution in [1.82, 2.24) is 4.90 Å². The van der Waals surface area contributed by atoms with Crippen LogP contribution in [0.1, 0.15) is 34.5 Å². The number of carbonyl (C=O) groups is 1. The highest BCUT2D eigenvalue weighted by Crippen LogP contribution is 2.32. The fourth-order valence-electron chi connectivity index (χ4n) is 4.45. The molecule has 1 N–H and O–H groups in total. The Hall–Kier alpha value is -4.01. The van der Waals surface area contributed by atoms with Gasteiger partial charge in [0.1, 0.15) is 5.75 Å². The van der Waals surface area contributed by atoms with E-state index in [1.165, 1.54) is 19.2 Å². The third-order valence-corrected chi connectivity index (χ3v) is 8.37. The van der Waals surface area contributed by atoms with E-state index in [9.17, 15) is 13.2 Å². The zero-order valence-corrected chi connectivity index (χ0v) is 24.4. The first-order valence-corrected chi connectivity index (χ1v) is 14.5. The average molecular weight is 578 g/mol. The number of methoxy groups -OCH3 is 1. The molecule has 0 spiro atoms. The Balaban J connectivity index is 1.73. The van der Waals surface area contributed by atoms with Crippen LogP contribution in [0, 0.1) is 0 Å². The van der Waals surface area contributed by atoms with E-state index in [1.807, 2.05) is 62.3 Å². The van der Waals surface area contributed by atoms with Gasteiger partial charge in [-0.1, -0.05) is 54.1 Å². The van der Waals surface area contributed by atoms with E-state index in [1.54, 1.807) is 53.4 Å². The number of ether oxygens (including phenoxy) is 1. The van der Waals surface area contributed by atoms with Crippen molar-refractivity contribution in [3.05, 3.63) is 119 Å². The average Bonchev–Trinajstić information content (AvgIpc) is 2.95. The van der Waals surface area contributed by atoms with Gasteiger partial charge in [-0.05, 0) is 72.6 Å². The quantitative estimate of drug-likeness (QED) is 0.229. The third kappa shape index (κ3) is 6.58. The van der Waals surface area contributed by atoms with E-state index in [0.29, 0.717) is 22.0 Å². The van der Waals surface area contributed by atoms with Gasteiger partial charge in [0.25, 0.3) is 15.9 Å². The van der Waals surface area contributed by atoms with E-state index >= 15 is 0 Å². The van der Waals surface area contributed by atoms with E-state index in [-0.39, 0.29) is 23.4 Å². The van der Waals surface area contributed by atoms with Crippen molar-refractivity contribution in [3.63, 3.8) is 0 Å². The zero-order chi connectivity index (χ0) is 28.9. The minimum absolute atomic E-state index is 0.111. The van der Waals surface area contributed by atoms with Gasteiger partial charge >= 0.3 is 0 Å². The first-order chi connectivity index (χ1) is 19.1. The molecule has 1 atom stereocenters. The molecule has 0 saturated carbocycles. The van der Waals surface area contributed by atoms with Crippen molar-refractivity contribution in [3.8, 4) is 5.75 Å². The topological polar surface area (TPSA) is 79.0 Å². The SMILES string of the molecule is COc1ccc(S(=O)(=O)Nc2ccc(N(C)C)c(CN(C(=O)c3ccccc3Cl)C(C)c3ccccc3)c2)cc1. The Morgan fingerprint density at radius 2 is 1.57 bits per heavy atom. The molecule has 1 amide bonds. The monoisotopic (exact) mass is 577 g/mol. The molecule has 40 heavy (non-hydrogen) atoms. The Labute approximate surface area is 241 Å². The number of carbonyl (C=O) groups excluding carboxylic acids is 1. The maximum atomic E-state index is 13.9. The Bertz CT molecular complexity index is 1580. The molecule has 7 nitrogen and oxygen atoms in total. The van der Waals surface area contributed by atoms with Crippen molar-refractivity contribution in [2.24, 2.45) is 0 Å². The second-order valence-corrected chi connectivity index (χ2v) is 11.6. The fourth-order valence-corrected chi connectivity index (χ4v) is 5.72. The molecule has 208 valence electrons. The molecular formula is C31H32ClN3O4S.